The van der Waals surface area contributed by atoms with E-state index in [1.165, 1.54) is 22.3 Å². The van der Waals surface area contributed by atoms with Gasteiger partial charge in [-0.2, -0.15) is 0 Å². The van der Waals surface area contributed by atoms with E-state index >= 15 is 0 Å². The van der Waals surface area contributed by atoms with Crippen molar-refractivity contribution in [2.24, 2.45) is 0 Å². The molecule has 1 aromatic heterocycles. The molecule has 4 aromatic rings. The van der Waals surface area contributed by atoms with Crippen LogP contribution in [0.3, 0.4) is 0 Å². The lowest BCUT2D eigenvalue weighted by Gasteiger charge is -2.25. The number of unbranched alkanes of at least 4 members (excludes halogenated alkanes) is 1. The van der Waals surface area contributed by atoms with Gasteiger partial charge in [-0.05, 0) is 73.7 Å². The molecule has 1 N–H and O–H groups in total. The van der Waals surface area contributed by atoms with Crippen LogP contribution < -0.4 is 14.4 Å². The molecule has 5 rings (SSSR count). The molecule has 3 aromatic carbocycles. The Morgan fingerprint density at radius 3 is 2.57 bits per heavy atom. The van der Waals surface area contributed by atoms with Gasteiger partial charge in [-0.3, -0.25) is 14.5 Å². The molecule has 0 saturated heterocycles. The third kappa shape index (κ3) is 5.81. The monoisotopic (exact) mass is 582 g/mol. The van der Waals surface area contributed by atoms with Gasteiger partial charge in [0, 0.05) is 0 Å². The van der Waals surface area contributed by atoms with Gasteiger partial charge in [0.1, 0.15) is 0 Å². The van der Waals surface area contributed by atoms with Crippen LogP contribution in [-0.4, -0.2) is 35.0 Å². The third-order valence-corrected chi connectivity index (χ3v) is 8.07. The highest BCUT2D eigenvalue weighted by molar-refractivity contribution is 7.22. The predicted octanol–water partition coefficient (Wildman–Crippen LogP) is 7.67. The molecule has 0 spiro atoms. The number of aliphatic hydroxyl groups excluding tert-OH is 1. The van der Waals surface area contributed by atoms with Crippen molar-refractivity contribution in [1.82, 2.24) is 4.98 Å². The number of aryl methyl sites for hydroxylation is 2. The Balaban J connectivity index is 1.62. The zero-order valence-electron chi connectivity index (χ0n) is 24.2. The lowest BCUT2D eigenvalue weighted by Crippen LogP contribution is -2.30. The van der Waals surface area contributed by atoms with Crippen LogP contribution in [0, 0.1) is 13.8 Å². The zero-order valence-corrected chi connectivity index (χ0v) is 25.0. The summed E-state index contributed by atoms with van der Waals surface area (Å²) < 4.78 is 12.8. The molecular weight excluding hydrogens is 548 g/mol. The smallest absolute Gasteiger partial charge is 0.296 e. The highest BCUT2D eigenvalue weighted by atomic mass is 32.1. The lowest BCUT2D eigenvalue weighted by molar-refractivity contribution is -0.117. The van der Waals surface area contributed by atoms with Gasteiger partial charge in [0.05, 0.1) is 35.0 Å². The second kappa shape index (κ2) is 12.6. The summed E-state index contributed by atoms with van der Waals surface area (Å²) in [4.78, 5) is 33.6. The fourth-order valence-corrected chi connectivity index (χ4v) is 6.23. The summed E-state index contributed by atoms with van der Waals surface area (Å²) in [6, 6.07) is 17.9. The lowest BCUT2D eigenvalue weighted by atomic mass is 9.95. The summed E-state index contributed by atoms with van der Waals surface area (Å²) in [6.07, 6.45) is 4.96. The number of allylic oxidation sites excluding steroid dienone is 1. The van der Waals surface area contributed by atoms with E-state index in [9.17, 15) is 14.7 Å². The molecule has 0 bridgehead atoms. The maximum atomic E-state index is 13.7. The normalized spacial score (nSPS) is 15.3. The van der Waals surface area contributed by atoms with E-state index < -0.39 is 23.5 Å². The third-order valence-electron chi connectivity index (χ3n) is 7.06. The Morgan fingerprint density at radius 1 is 1.05 bits per heavy atom. The van der Waals surface area contributed by atoms with Gasteiger partial charge in [-0.1, -0.05) is 73.2 Å². The fourth-order valence-electron chi connectivity index (χ4n) is 5.07. The van der Waals surface area contributed by atoms with Gasteiger partial charge in [-0.25, -0.2) is 4.98 Å². The fraction of sp³-hybridized carbons (Fsp3) is 0.265. The van der Waals surface area contributed by atoms with Crippen LogP contribution in [0.15, 0.2) is 78.1 Å². The highest BCUT2D eigenvalue weighted by Gasteiger charge is 2.45. The molecule has 1 amide bonds. The topological polar surface area (TPSA) is 89.0 Å². The number of thiazole rings is 1. The van der Waals surface area contributed by atoms with E-state index in [2.05, 4.69) is 6.92 Å². The van der Waals surface area contributed by atoms with E-state index in [0.717, 1.165) is 39.7 Å². The molecule has 1 aliphatic heterocycles. The van der Waals surface area contributed by atoms with Crippen LogP contribution in [0.25, 0.3) is 16.3 Å². The number of benzene rings is 3. The summed E-state index contributed by atoms with van der Waals surface area (Å²) in [5, 5.41) is 11.6. The quantitative estimate of drug-likeness (QED) is 0.144. The predicted molar refractivity (Wildman–Crippen MR) is 167 cm³/mol. The second-order valence-electron chi connectivity index (χ2n) is 10.2. The largest absolute Gasteiger partial charge is 0.503 e. The number of rotatable bonds is 11. The number of carbonyl (C=O) groups excluding carboxylic acids is 2. The molecule has 1 atom stereocenters. The van der Waals surface area contributed by atoms with Gasteiger partial charge in [0.2, 0.25) is 0 Å². The first-order chi connectivity index (χ1) is 20.3. The van der Waals surface area contributed by atoms with Gasteiger partial charge >= 0.3 is 0 Å². The summed E-state index contributed by atoms with van der Waals surface area (Å²) in [5.74, 6) is -0.637. The number of nitrogens with zero attached hydrogens (tertiary/aromatic N) is 2. The first-order valence-electron chi connectivity index (χ1n) is 14.1. The number of ether oxygens (including phenoxy) is 2. The molecule has 0 saturated carbocycles. The average Bonchev–Trinajstić information content (AvgIpc) is 3.51. The molecule has 42 heavy (non-hydrogen) atoms. The van der Waals surface area contributed by atoms with Crippen molar-refractivity contribution in [3.05, 3.63) is 100 Å². The maximum Gasteiger partial charge on any atom is 0.296 e. The molecule has 8 heteroatoms. The van der Waals surface area contributed by atoms with Crippen LogP contribution in [0.2, 0.25) is 0 Å². The van der Waals surface area contributed by atoms with E-state index in [1.54, 1.807) is 18.2 Å². The Labute approximate surface area is 249 Å². The molecule has 216 valence electrons. The molecule has 1 aliphatic rings. The number of hydrogen-bond acceptors (Lipinski definition) is 7. The minimum absolute atomic E-state index is 0.0126. The van der Waals surface area contributed by atoms with Gasteiger partial charge in [0.15, 0.2) is 28.2 Å². The Hall–Kier alpha value is -4.43. The van der Waals surface area contributed by atoms with Crippen molar-refractivity contribution >= 4 is 44.5 Å². The number of carbonyl (C=O) groups is 2. The van der Waals surface area contributed by atoms with Crippen molar-refractivity contribution in [2.75, 3.05) is 18.1 Å². The van der Waals surface area contributed by atoms with Crippen molar-refractivity contribution in [2.45, 2.75) is 46.6 Å². The van der Waals surface area contributed by atoms with Crippen LogP contribution in [0.5, 0.6) is 11.5 Å². The summed E-state index contributed by atoms with van der Waals surface area (Å²) in [5.41, 5.74) is 4.27. The average molecular weight is 583 g/mol. The Morgan fingerprint density at radius 2 is 1.83 bits per heavy atom. The standard InChI is InChI=1S/C34H34N2O5S/c1-5-7-17-41-26-16-14-24(20-27(26)40-6-2)31-29(25(37)15-13-23-11-9-8-10-12-23)32(38)33(39)36(31)34-35-30-22(4)18-21(3)19-28(30)42-34/h8-16,18-20,31,38H,5-7,17H2,1-4H3/b15-13+. The maximum absolute atomic E-state index is 13.7. The second-order valence-corrected chi connectivity index (χ2v) is 11.2. The van der Waals surface area contributed by atoms with E-state index in [4.69, 9.17) is 14.5 Å². The number of fused-ring (bicyclic) bond motifs is 1. The van der Waals surface area contributed by atoms with Crippen LogP contribution in [-0.2, 0) is 9.59 Å². The van der Waals surface area contributed by atoms with Gasteiger partial charge in [0.25, 0.3) is 5.91 Å². The van der Waals surface area contributed by atoms with Crippen molar-refractivity contribution in [3.8, 4) is 11.5 Å². The number of aliphatic hydroxyl groups is 1. The summed E-state index contributed by atoms with van der Waals surface area (Å²) in [6.45, 7) is 8.92. The van der Waals surface area contributed by atoms with Crippen LogP contribution in [0.1, 0.15) is 55.0 Å². The number of ketones is 1. The first kappa shape index (κ1) is 29.1. The molecule has 2 heterocycles. The Kier molecular flexibility index (Phi) is 8.73. The molecule has 0 aliphatic carbocycles. The number of aromatic nitrogens is 1. The van der Waals surface area contributed by atoms with E-state index in [-0.39, 0.29) is 5.57 Å². The minimum atomic E-state index is -0.920. The summed E-state index contributed by atoms with van der Waals surface area (Å²) >= 11 is 1.35. The van der Waals surface area contributed by atoms with E-state index in [0.29, 0.717) is 35.4 Å². The van der Waals surface area contributed by atoms with Crippen molar-refractivity contribution in [1.29, 1.82) is 0 Å². The minimum Gasteiger partial charge on any atom is -0.503 e. The Bertz CT molecular complexity index is 1690. The number of hydrogen-bond donors (Lipinski definition) is 1. The number of amides is 1. The molecule has 0 radical (unpaired) electrons. The number of anilines is 1. The van der Waals surface area contributed by atoms with E-state index in [1.807, 2.05) is 69.3 Å². The highest BCUT2D eigenvalue weighted by Crippen LogP contribution is 2.45. The molecule has 0 fully saturated rings. The first-order valence-corrected chi connectivity index (χ1v) is 15.0. The molecular formula is C34H34N2O5S. The molecule has 7 nitrogen and oxygen atoms in total. The molecule has 1 unspecified atom stereocenters. The van der Waals surface area contributed by atoms with Crippen LogP contribution in [0.4, 0.5) is 5.13 Å². The van der Waals surface area contributed by atoms with Crippen molar-refractivity contribution < 1.29 is 24.2 Å². The summed E-state index contributed by atoms with van der Waals surface area (Å²) in [7, 11) is 0. The SMILES string of the molecule is CCCCOc1ccc(C2C(C(=O)/C=C/c3ccccc3)=C(O)C(=O)N2c2nc3c(C)cc(C)cc3s2)cc1OCC. The van der Waals surface area contributed by atoms with Crippen LogP contribution >= 0.6 is 11.3 Å². The zero-order chi connectivity index (χ0) is 29.8. The van der Waals surface area contributed by atoms with Crippen molar-refractivity contribution in [3.63, 3.8) is 0 Å². The van der Waals surface area contributed by atoms with Gasteiger partial charge < -0.3 is 14.6 Å². The van der Waals surface area contributed by atoms with Gasteiger partial charge in [-0.15, -0.1) is 0 Å².